The fourth-order valence-electron chi connectivity index (χ4n) is 1.89. The second kappa shape index (κ2) is 8.18. The van der Waals surface area contributed by atoms with Crippen molar-refractivity contribution in [2.45, 2.75) is 52.7 Å². The summed E-state index contributed by atoms with van der Waals surface area (Å²) in [6.07, 6.45) is 1.47. The maximum absolute atomic E-state index is 9.52. The molecule has 2 unspecified atom stereocenters. The summed E-state index contributed by atoms with van der Waals surface area (Å²) in [7, 11) is 0. The summed E-state index contributed by atoms with van der Waals surface area (Å²) in [6.45, 7) is 9.73. The number of aryl methyl sites for hydroxylation is 1. The summed E-state index contributed by atoms with van der Waals surface area (Å²) >= 11 is 0. The molecule has 0 fully saturated rings. The number of hydrogen-bond acceptors (Lipinski definition) is 3. The molecule has 0 heterocycles. The van der Waals surface area contributed by atoms with Gasteiger partial charge in [-0.15, -0.1) is 0 Å². The molecule has 0 amide bonds. The summed E-state index contributed by atoms with van der Waals surface area (Å²) in [5, 5.41) is 13.0. The van der Waals surface area contributed by atoms with Gasteiger partial charge in [0.15, 0.2) is 0 Å². The van der Waals surface area contributed by atoms with E-state index >= 15 is 0 Å². The van der Waals surface area contributed by atoms with Crippen molar-refractivity contribution in [2.75, 3.05) is 13.2 Å². The van der Waals surface area contributed by atoms with Crippen molar-refractivity contribution in [1.29, 1.82) is 0 Å². The van der Waals surface area contributed by atoms with E-state index in [4.69, 9.17) is 4.74 Å². The third-order valence-corrected chi connectivity index (χ3v) is 3.30. The first-order valence-corrected chi connectivity index (χ1v) is 7.23. The lowest BCUT2D eigenvalue weighted by Crippen LogP contribution is -2.19. The zero-order valence-corrected chi connectivity index (χ0v) is 12.6. The Hall–Kier alpha value is -1.06. The van der Waals surface area contributed by atoms with Gasteiger partial charge in [-0.2, -0.15) is 0 Å². The molecule has 0 aliphatic rings. The van der Waals surface area contributed by atoms with E-state index in [0.717, 1.165) is 30.7 Å². The molecule has 1 rings (SSSR count). The van der Waals surface area contributed by atoms with E-state index in [1.165, 1.54) is 5.56 Å². The predicted octanol–water partition coefficient (Wildman–Crippen LogP) is 3.21. The second-order valence-electron chi connectivity index (χ2n) is 5.07. The van der Waals surface area contributed by atoms with Crippen molar-refractivity contribution < 1.29 is 9.84 Å². The Bertz CT molecular complexity index is 379. The predicted molar refractivity (Wildman–Crippen MR) is 79.7 cm³/mol. The molecule has 1 aromatic carbocycles. The zero-order chi connectivity index (χ0) is 14.3. The highest BCUT2D eigenvalue weighted by molar-refractivity contribution is 5.37. The first-order chi connectivity index (χ1) is 9.08. The van der Waals surface area contributed by atoms with Gasteiger partial charge in [-0.25, -0.2) is 0 Å². The van der Waals surface area contributed by atoms with Crippen LogP contribution in [0.3, 0.4) is 0 Å². The summed E-state index contributed by atoms with van der Waals surface area (Å²) in [5.41, 5.74) is 2.39. The number of aliphatic hydroxyl groups excluding tert-OH is 1. The van der Waals surface area contributed by atoms with E-state index in [2.05, 4.69) is 31.3 Å². The molecule has 0 saturated heterocycles. The van der Waals surface area contributed by atoms with Gasteiger partial charge in [0.05, 0.1) is 6.10 Å². The molecule has 2 atom stereocenters. The second-order valence-corrected chi connectivity index (χ2v) is 5.07. The normalized spacial score (nSPS) is 14.2. The Morgan fingerprint density at radius 1 is 1.32 bits per heavy atom. The Kier molecular flexibility index (Phi) is 6.89. The number of nitrogens with one attached hydrogen (secondary N) is 1. The molecule has 108 valence electrons. The highest BCUT2D eigenvalue weighted by Crippen LogP contribution is 2.23. The first-order valence-electron chi connectivity index (χ1n) is 7.23. The fourth-order valence-corrected chi connectivity index (χ4v) is 1.89. The lowest BCUT2D eigenvalue weighted by molar-refractivity contribution is 0.104. The van der Waals surface area contributed by atoms with Crippen LogP contribution in [0.25, 0.3) is 0 Å². The molecule has 0 spiro atoms. The fraction of sp³-hybridized carbons (Fsp3) is 0.625. The molecular weight excluding hydrogens is 238 g/mol. The van der Waals surface area contributed by atoms with E-state index in [0.29, 0.717) is 12.6 Å². The maximum Gasteiger partial charge on any atom is 0.122 e. The van der Waals surface area contributed by atoms with Gasteiger partial charge >= 0.3 is 0 Å². The monoisotopic (exact) mass is 265 g/mol. The van der Waals surface area contributed by atoms with Crippen molar-refractivity contribution in [3.8, 4) is 5.75 Å². The van der Waals surface area contributed by atoms with Crippen LogP contribution >= 0.6 is 0 Å². The Labute approximate surface area is 117 Å². The van der Waals surface area contributed by atoms with Crippen LogP contribution in [0.15, 0.2) is 18.2 Å². The van der Waals surface area contributed by atoms with Crippen molar-refractivity contribution in [1.82, 2.24) is 5.32 Å². The molecule has 0 aliphatic carbocycles. The topological polar surface area (TPSA) is 41.5 Å². The number of benzene rings is 1. The summed E-state index contributed by atoms with van der Waals surface area (Å²) in [6, 6.07) is 6.60. The van der Waals surface area contributed by atoms with Gasteiger partial charge in [0.2, 0.25) is 0 Å². The molecule has 0 aliphatic heterocycles. The molecule has 0 aromatic heterocycles. The molecule has 0 saturated carbocycles. The lowest BCUT2D eigenvalue weighted by Gasteiger charge is -2.17. The minimum Gasteiger partial charge on any atom is -0.491 e. The van der Waals surface area contributed by atoms with Crippen molar-refractivity contribution >= 4 is 0 Å². The number of aliphatic hydroxyl groups is 1. The van der Waals surface area contributed by atoms with E-state index in [-0.39, 0.29) is 6.10 Å². The molecule has 2 N–H and O–H groups in total. The maximum atomic E-state index is 9.52. The van der Waals surface area contributed by atoms with Gasteiger partial charge in [-0.3, -0.25) is 0 Å². The zero-order valence-electron chi connectivity index (χ0n) is 12.6. The third-order valence-electron chi connectivity index (χ3n) is 3.30. The van der Waals surface area contributed by atoms with Crippen LogP contribution in [-0.2, 0) is 0 Å². The molecule has 0 radical (unpaired) electrons. The number of rotatable bonds is 8. The summed E-state index contributed by atoms with van der Waals surface area (Å²) in [5.74, 6) is 0.860. The van der Waals surface area contributed by atoms with Crippen molar-refractivity contribution in [2.24, 2.45) is 0 Å². The van der Waals surface area contributed by atoms with Gasteiger partial charge in [0.1, 0.15) is 12.4 Å². The molecule has 0 bridgehead atoms. The Balaban J connectivity index is 2.63. The average Bonchev–Trinajstić information content (AvgIpc) is 2.42. The van der Waals surface area contributed by atoms with Gasteiger partial charge in [0, 0.05) is 6.04 Å². The third kappa shape index (κ3) is 5.21. The van der Waals surface area contributed by atoms with E-state index in [1.807, 2.05) is 19.9 Å². The average molecular weight is 265 g/mol. The minimum atomic E-state index is -0.385. The van der Waals surface area contributed by atoms with Gasteiger partial charge in [0.25, 0.3) is 0 Å². The minimum absolute atomic E-state index is 0.355. The lowest BCUT2D eigenvalue weighted by atomic mass is 10.0. The first kappa shape index (κ1) is 16.0. The van der Waals surface area contributed by atoms with Crippen molar-refractivity contribution in [3.05, 3.63) is 29.3 Å². The highest BCUT2D eigenvalue weighted by Gasteiger charge is 2.08. The van der Waals surface area contributed by atoms with Crippen LogP contribution < -0.4 is 10.1 Å². The molecule has 19 heavy (non-hydrogen) atoms. The smallest absolute Gasteiger partial charge is 0.122 e. The standard InChI is InChI=1S/C16H27NO2/c1-5-9-17-13(4)14-7-8-16(12(3)10-14)19-11-15(18)6-2/h7-8,10,13,15,17-18H,5-6,9,11H2,1-4H3. The van der Waals surface area contributed by atoms with E-state index in [1.54, 1.807) is 0 Å². The molecule has 3 nitrogen and oxygen atoms in total. The Morgan fingerprint density at radius 2 is 2.05 bits per heavy atom. The van der Waals surface area contributed by atoms with Crippen LogP contribution in [0.5, 0.6) is 5.75 Å². The van der Waals surface area contributed by atoms with Gasteiger partial charge in [-0.1, -0.05) is 26.0 Å². The van der Waals surface area contributed by atoms with Gasteiger partial charge in [-0.05, 0) is 50.4 Å². The van der Waals surface area contributed by atoms with E-state index in [9.17, 15) is 5.11 Å². The van der Waals surface area contributed by atoms with E-state index < -0.39 is 0 Å². The molecule has 3 heteroatoms. The van der Waals surface area contributed by atoms with Crippen LogP contribution in [0.1, 0.15) is 50.8 Å². The van der Waals surface area contributed by atoms with Crippen LogP contribution in [-0.4, -0.2) is 24.4 Å². The Morgan fingerprint density at radius 3 is 2.63 bits per heavy atom. The largest absolute Gasteiger partial charge is 0.491 e. The SMILES string of the molecule is CCCNC(C)c1ccc(OCC(O)CC)c(C)c1. The van der Waals surface area contributed by atoms with Gasteiger partial charge < -0.3 is 15.2 Å². The summed E-state index contributed by atoms with van der Waals surface area (Å²) < 4.78 is 5.63. The van der Waals surface area contributed by atoms with Crippen molar-refractivity contribution in [3.63, 3.8) is 0 Å². The summed E-state index contributed by atoms with van der Waals surface area (Å²) in [4.78, 5) is 0. The van der Waals surface area contributed by atoms with Crippen LogP contribution in [0, 0.1) is 6.92 Å². The number of hydrogen-bond donors (Lipinski definition) is 2. The highest BCUT2D eigenvalue weighted by atomic mass is 16.5. The molecule has 1 aromatic rings. The molecular formula is C16H27NO2. The number of ether oxygens (including phenoxy) is 1. The van der Waals surface area contributed by atoms with Crippen LogP contribution in [0.4, 0.5) is 0 Å². The van der Waals surface area contributed by atoms with Crippen LogP contribution in [0.2, 0.25) is 0 Å². The quantitative estimate of drug-likeness (QED) is 0.758.